The lowest BCUT2D eigenvalue weighted by Crippen LogP contribution is -2.51. The second-order valence-corrected chi connectivity index (χ2v) is 10.1. The third-order valence-corrected chi connectivity index (χ3v) is 7.27. The molecule has 0 aromatic heterocycles. The molecule has 1 aromatic carbocycles. The Bertz CT molecular complexity index is 831. The molecule has 0 aliphatic carbocycles. The van der Waals surface area contributed by atoms with Crippen molar-refractivity contribution in [1.82, 2.24) is 9.44 Å². The molecule has 1 heterocycles. The summed E-state index contributed by atoms with van der Waals surface area (Å²) in [7, 11) is -7.24. The molecule has 0 bridgehead atoms. The molecule has 0 spiro atoms. The molecular weight excluding hydrogens is 399 g/mol. The van der Waals surface area contributed by atoms with Crippen LogP contribution in [-0.4, -0.2) is 59.1 Å². The summed E-state index contributed by atoms with van der Waals surface area (Å²) in [4.78, 5) is -0.199. The van der Waals surface area contributed by atoms with E-state index >= 15 is 0 Å². The van der Waals surface area contributed by atoms with E-state index in [0.29, 0.717) is 19.3 Å². The molecule has 0 amide bonds. The molecule has 154 valence electrons. The van der Waals surface area contributed by atoms with Crippen LogP contribution in [0.1, 0.15) is 26.2 Å². The van der Waals surface area contributed by atoms with Gasteiger partial charge in [0.15, 0.2) is 0 Å². The lowest BCUT2D eigenvalue weighted by Gasteiger charge is -2.36. The molecule has 2 rings (SSSR count). The Hall–Kier alpha value is -1.11. The van der Waals surface area contributed by atoms with Crippen LogP contribution < -0.4 is 9.44 Å². The van der Waals surface area contributed by atoms with E-state index in [-0.39, 0.29) is 23.3 Å². The Kier molecular flexibility index (Phi) is 7.72. The molecule has 0 radical (unpaired) electrons. The van der Waals surface area contributed by atoms with Gasteiger partial charge in [-0.25, -0.2) is 30.7 Å². The van der Waals surface area contributed by atoms with Crippen molar-refractivity contribution in [3.8, 4) is 0 Å². The van der Waals surface area contributed by atoms with Gasteiger partial charge >= 0.3 is 0 Å². The number of aliphatic hydroxyl groups is 1. The van der Waals surface area contributed by atoms with Crippen molar-refractivity contribution in [3.63, 3.8) is 0 Å². The van der Waals surface area contributed by atoms with Crippen molar-refractivity contribution in [1.29, 1.82) is 0 Å². The lowest BCUT2D eigenvalue weighted by atomic mass is 9.98. The van der Waals surface area contributed by atoms with Gasteiger partial charge in [0.1, 0.15) is 5.82 Å². The maximum absolute atomic E-state index is 13.3. The topological polar surface area (TPSA) is 122 Å². The molecule has 11 heteroatoms. The largest absolute Gasteiger partial charge is 0.394 e. The summed E-state index contributed by atoms with van der Waals surface area (Å²) in [5, 5.41) is 9.55. The van der Waals surface area contributed by atoms with E-state index in [1.807, 2.05) is 0 Å². The van der Waals surface area contributed by atoms with Crippen molar-refractivity contribution in [2.24, 2.45) is 0 Å². The van der Waals surface area contributed by atoms with Gasteiger partial charge in [0.05, 0.1) is 35.5 Å². The highest BCUT2D eigenvalue weighted by atomic mass is 32.2. The SMILES string of the molecule is CCS(=O)(=O)NCC[C@@H]1CC[C@@H](NS(=O)(=O)c2cccc(F)c2)[C@@H](CO)O1. The number of ether oxygens (including phenoxy) is 1. The van der Waals surface area contributed by atoms with Gasteiger partial charge in [0, 0.05) is 6.54 Å². The van der Waals surface area contributed by atoms with Crippen molar-refractivity contribution in [3.05, 3.63) is 30.1 Å². The van der Waals surface area contributed by atoms with Gasteiger partial charge in [-0.05, 0) is 44.4 Å². The maximum atomic E-state index is 13.3. The summed E-state index contributed by atoms with van der Waals surface area (Å²) < 4.78 is 71.6. The first-order valence-corrected chi connectivity index (χ1v) is 11.8. The zero-order valence-corrected chi connectivity index (χ0v) is 16.6. The molecule has 1 saturated heterocycles. The van der Waals surface area contributed by atoms with E-state index in [4.69, 9.17) is 4.74 Å². The maximum Gasteiger partial charge on any atom is 0.241 e. The molecule has 1 aliphatic heterocycles. The number of sulfonamides is 2. The van der Waals surface area contributed by atoms with Crippen LogP contribution in [0, 0.1) is 5.82 Å². The van der Waals surface area contributed by atoms with Gasteiger partial charge in [-0.3, -0.25) is 0 Å². The Balaban J connectivity index is 1.95. The summed E-state index contributed by atoms with van der Waals surface area (Å²) in [5.41, 5.74) is 0. The van der Waals surface area contributed by atoms with Crippen molar-refractivity contribution in [2.75, 3.05) is 18.9 Å². The van der Waals surface area contributed by atoms with Crippen LogP contribution in [0.15, 0.2) is 29.2 Å². The van der Waals surface area contributed by atoms with Crippen molar-refractivity contribution < 1.29 is 31.1 Å². The number of hydrogen-bond donors (Lipinski definition) is 3. The minimum atomic E-state index is -3.96. The lowest BCUT2D eigenvalue weighted by molar-refractivity contribution is -0.0869. The first kappa shape index (κ1) is 22.2. The van der Waals surface area contributed by atoms with Gasteiger partial charge < -0.3 is 9.84 Å². The molecule has 27 heavy (non-hydrogen) atoms. The fourth-order valence-corrected chi connectivity index (χ4v) is 4.82. The van der Waals surface area contributed by atoms with Crippen LogP contribution in [0.5, 0.6) is 0 Å². The minimum Gasteiger partial charge on any atom is -0.394 e. The number of nitrogens with one attached hydrogen (secondary N) is 2. The summed E-state index contributed by atoms with van der Waals surface area (Å²) in [6.07, 6.45) is 0.261. The Morgan fingerprint density at radius 3 is 2.63 bits per heavy atom. The van der Waals surface area contributed by atoms with E-state index in [0.717, 1.165) is 12.1 Å². The molecule has 1 aliphatic rings. The van der Waals surface area contributed by atoms with Crippen molar-refractivity contribution in [2.45, 2.75) is 49.3 Å². The fourth-order valence-electron chi connectivity index (χ4n) is 2.86. The molecule has 1 fully saturated rings. The molecule has 3 atom stereocenters. The summed E-state index contributed by atoms with van der Waals surface area (Å²) in [6.45, 7) is 1.35. The Labute approximate surface area is 159 Å². The first-order chi connectivity index (χ1) is 12.7. The molecule has 3 N–H and O–H groups in total. The molecular formula is C16H25FN2O6S2. The monoisotopic (exact) mass is 424 g/mol. The van der Waals surface area contributed by atoms with Crippen LogP contribution in [-0.2, 0) is 24.8 Å². The van der Waals surface area contributed by atoms with Gasteiger partial charge in [-0.15, -0.1) is 0 Å². The van der Waals surface area contributed by atoms with Crippen LogP contribution >= 0.6 is 0 Å². The van der Waals surface area contributed by atoms with E-state index < -0.39 is 44.6 Å². The summed E-state index contributed by atoms with van der Waals surface area (Å²) >= 11 is 0. The van der Waals surface area contributed by atoms with E-state index in [9.17, 15) is 26.3 Å². The Morgan fingerprint density at radius 2 is 2.00 bits per heavy atom. The quantitative estimate of drug-likeness (QED) is 0.526. The highest BCUT2D eigenvalue weighted by Crippen LogP contribution is 2.23. The van der Waals surface area contributed by atoms with Gasteiger partial charge in [0.25, 0.3) is 0 Å². The first-order valence-electron chi connectivity index (χ1n) is 8.68. The number of aliphatic hydroxyl groups excluding tert-OH is 1. The highest BCUT2D eigenvalue weighted by Gasteiger charge is 2.34. The number of rotatable bonds is 9. The van der Waals surface area contributed by atoms with E-state index in [1.54, 1.807) is 0 Å². The van der Waals surface area contributed by atoms with Crippen LogP contribution in [0.4, 0.5) is 4.39 Å². The zero-order valence-electron chi connectivity index (χ0n) is 15.0. The third kappa shape index (κ3) is 6.47. The average Bonchev–Trinajstić information content (AvgIpc) is 2.62. The number of hydrogen-bond acceptors (Lipinski definition) is 6. The second kappa shape index (κ2) is 9.39. The van der Waals surface area contributed by atoms with Crippen LogP contribution in [0.25, 0.3) is 0 Å². The third-order valence-electron chi connectivity index (χ3n) is 4.38. The van der Waals surface area contributed by atoms with Gasteiger partial charge in [-0.2, -0.15) is 0 Å². The van der Waals surface area contributed by atoms with Gasteiger partial charge in [0.2, 0.25) is 20.0 Å². The number of halogens is 1. The number of benzene rings is 1. The fraction of sp³-hybridized carbons (Fsp3) is 0.625. The highest BCUT2D eigenvalue weighted by molar-refractivity contribution is 7.89. The van der Waals surface area contributed by atoms with Crippen molar-refractivity contribution >= 4 is 20.0 Å². The second-order valence-electron chi connectivity index (χ2n) is 6.33. The predicted octanol–water partition coefficient (Wildman–Crippen LogP) is 0.342. The normalized spacial score (nSPS) is 24.0. The summed E-state index contributed by atoms with van der Waals surface area (Å²) in [6, 6.07) is 4.00. The van der Waals surface area contributed by atoms with E-state index in [1.165, 1.54) is 19.1 Å². The summed E-state index contributed by atoms with van der Waals surface area (Å²) in [5.74, 6) is -0.673. The molecule has 0 saturated carbocycles. The minimum absolute atomic E-state index is 0.0122. The smallest absolute Gasteiger partial charge is 0.241 e. The van der Waals surface area contributed by atoms with Gasteiger partial charge in [-0.1, -0.05) is 6.07 Å². The average molecular weight is 425 g/mol. The standard InChI is InChI=1S/C16H25FN2O6S2/c1-2-26(21,22)18-9-8-13-6-7-15(16(11-20)25-13)19-27(23,24)14-5-3-4-12(17)10-14/h3-5,10,13,15-16,18-20H,2,6-9,11H2,1H3/t13-,15+,16+/m0/s1. The molecule has 0 unspecified atom stereocenters. The Morgan fingerprint density at radius 1 is 1.26 bits per heavy atom. The zero-order chi connectivity index (χ0) is 20.1. The molecule has 8 nitrogen and oxygen atoms in total. The molecule has 1 aromatic rings. The van der Waals surface area contributed by atoms with E-state index in [2.05, 4.69) is 9.44 Å². The predicted molar refractivity (Wildman–Crippen MR) is 97.6 cm³/mol. The van der Waals surface area contributed by atoms with Crippen LogP contribution in [0.3, 0.4) is 0 Å². The van der Waals surface area contributed by atoms with Crippen LogP contribution in [0.2, 0.25) is 0 Å².